The lowest BCUT2D eigenvalue weighted by molar-refractivity contribution is -0.890. The van der Waals surface area contributed by atoms with Crippen LogP contribution in [0.5, 0.6) is 0 Å². The van der Waals surface area contributed by atoms with Gasteiger partial charge >= 0.3 is 0 Å². The summed E-state index contributed by atoms with van der Waals surface area (Å²) in [6.07, 6.45) is 32.8. The van der Waals surface area contributed by atoms with Crippen LogP contribution in [0.2, 0.25) is 0 Å². The van der Waals surface area contributed by atoms with E-state index in [-0.39, 0.29) is 5.91 Å². The average Bonchev–Trinajstić information content (AvgIpc) is 3.05. The van der Waals surface area contributed by atoms with Crippen LogP contribution in [0.3, 0.4) is 0 Å². The van der Waals surface area contributed by atoms with E-state index in [0.717, 1.165) is 29.6 Å². The summed E-state index contributed by atoms with van der Waals surface area (Å²) < 4.78 is 1.12. The second kappa shape index (κ2) is 29.0. The summed E-state index contributed by atoms with van der Waals surface area (Å²) in [7, 11) is 4.78. The average molecular weight is 656 g/mol. The first-order valence-corrected chi connectivity index (χ1v) is 19.3. The molecule has 0 aromatic heterocycles. The molecule has 1 aromatic rings. The third-order valence-corrected chi connectivity index (χ3v) is 8.87. The number of hydrogen-bond acceptors (Lipinski definition) is 4. The van der Waals surface area contributed by atoms with Crippen LogP contribution in [0.15, 0.2) is 54.3 Å². The molecule has 0 unspecified atom stereocenters. The topological polar surface area (TPSA) is 53.2 Å². The summed E-state index contributed by atoms with van der Waals surface area (Å²) >= 11 is 4.11. The Balaban J connectivity index is 2.12. The number of thiol groups is 1. The molecule has 0 heterocycles. The van der Waals surface area contributed by atoms with Crippen LogP contribution < -0.4 is 16.0 Å². The molecular weight excluding hydrogens is 585 g/mol. The minimum atomic E-state index is 0.0897. The lowest BCUT2D eigenvalue weighted by Gasteiger charge is -2.30. The fraction of sp³-hybridized carbons (Fsp3) is 0.675. The highest BCUT2D eigenvalue weighted by molar-refractivity contribution is 7.80. The summed E-state index contributed by atoms with van der Waals surface area (Å²) in [4.78, 5) is 11.6. The molecule has 0 saturated heterocycles. The Kier molecular flexibility index (Phi) is 26.4. The molecule has 0 spiro atoms. The van der Waals surface area contributed by atoms with Crippen molar-refractivity contribution in [1.29, 1.82) is 0 Å². The lowest BCUT2D eigenvalue weighted by Crippen LogP contribution is -2.41. The largest absolute Gasteiger partial charge is 0.391 e. The zero-order valence-electron chi connectivity index (χ0n) is 30.3. The molecule has 1 aromatic carbocycles. The van der Waals surface area contributed by atoms with Crippen LogP contribution in [0.25, 0.3) is 6.08 Å². The van der Waals surface area contributed by atoms with Crippen LogP contribution in [0.1, 0.15) is 129 Å². The van der Waals surface area contributed by atoms with E-state index in [1.807, 2.05) is 13.1 Å². The van der Waals surface area contributed by atoms with Gasteiger partial charge in [-0.05, 0) is 61.7 Å². The third kappa shape index (κ3) is 25.0. The molecule has 0 fully saturated rings. The van der Waals surface area contributed by atoms with Crippen LogP contribution in [0, 0.1) is 0 Å². The van der Waals surface area contributed by atoms with Gasteiger partial charge in [0.05, 0.1) is 27.2 Å². The van der Waals surface area contributed by atoms with Crippen molar-refractivity contribution >= 4 is 30.3 Å². The predicted molar refractivity (Wildman–Crippen MR) is 208 cm³/mol. The molecule has 0 aliphatic rings. The fourth-order valence-electron chi connectivity index (χ4n) is 5.61. The highest BCUT2D eigenvalue weighted by Gasteiger charge is 2.13. The van der Waals surface area contributed by atoms with Crippen LogP contribution >= 0.6 is 12.6 Å². The predicted octanol–water partition coefficient (Wildman–Crippen LogP) is 9.94. The van der Waals surface area contributed by atoms with Crippen LogP contribution in [-0.4, -0.2) is 63.0 Å². The second-order valence-corrected chi connectivity index (χ2v) is 13.9. The number of hydrogen-bond donors (Lipinski definition) is 4. The highest BCUT2D eigenvalue weighted by atomic mass is 32.1. The van der Waals surface area contributed by atoms with E-state index in [1.54, 1.807) is 0 Å². The van der Waals surface area contributed by atoms with Crippen molar-refractivity contribution in [3.63, 3.8) is 0 Å². The number of unbranched alkanes of at least 4 members (excludes halogenated alkanes) is 13. The van der Waals surface area contributed by atoms with Gasteiger partial charge in [0.2, 0.25) is 5.91 Å². The first-order valence-electron chi connectivity index (χ1n) is 18.7. The minimum absolute atomic E-state index is 0.0897. The maximum atomic E-state index is 11.6. The highest BCUT2D eigenvalue weighted by Crippen LogP contribution is 2.15. The molecule has 0 saturated carbocycles. The van der Waals surface area contributed by atoms with Crippen molar-refractivity contribution in [3.8, 4) is 0 Å². The van der Waals surface area contributed by atoms with E-state index in [1.165, 1.54) is 121 Å². The third-order valence-electron chi connectivity index (χ3n) is 8.65. The number of carbonyl (C=O) groups excluding carboxylic acids is 1. The Bertz CT molecular complexity index is 954. The maximum absolute atomic E-state index is 11.6. The summed E-state index contributed by atoms with van der Waals surface area (Å²) in [5.74, 6) is 0.762. The summed E-state index contributed by atoms with van der Waals surface area (Å²) in [6, 6.07) is 8.69. The number of amides is 1. The minimum Gasteiger partial charge on any atom is -0.391 e. The Hall–Kier alpha value is -2.18. The van der Waals surface area contributed by atoms with Crippen molar-refractivity contribution in [1.82, 2.24) is 10.6 Å². The molecule has 0 atom stereocenters. The molecule has 0 aliphatic carbocycles. The number of benzene rings is 1. The van der Waals surface area contributed by atoms with Crippen molar-refractivity contribution in [2.75, 3.05) is 57.9 Å². The molecule has 0 bridgehead atoms. The SMILES string of the molecule is C/C=C(\C=C/NCCCC(=O)NCCS)/C=C/c1ccc(NCCC[N+](C)(C)CCCCCCCCCCCCCCCC)cc1. The van der Waals surface area contributed by atoms with E-state index in [2.05, 4.69) is 98.2 Å². The Labute approximate surface area is 290 Å². The number of carbonyl (C=O) groups is 1. The van der Waals surface area contributed by atoms with E-state index in [9.17, 15) is 4.79 Å². The molecule has 46 heavy (non-hydrogen) atoms. The van der Waals surface area contributed by atoms with Crippen molar-refractivity contribution in [2.45, 2.75) is 123 Å². The van der Waals surface area contributed by atoms with Crippen molar-refractivity contribution in [3.05, 3.63) is 59.8 Å². The summed E-state index contributed by atoms with van der Waals surface area (Å²) in [6.45, 7) is 9.25. The smallest absolute Gasteiger partial charge is 0.220 e. The Morgan fingerprint density at radius 1 is 0.739 bits per heavy atom. The van der Waals surface area contributed by atoms with E-state index in [4.69, 9.17) is 0 Å². The molecule has 0 aliphatic heterocycles. The molecule has 0 radical (unpaired) electrons. The second-order valence-electron chi connectivity index (χ2n) is 13.5. The molecular formula is C40H71N4OS+. The molecule has 5 nitrogen and oxygen atoms in total. The van der Waals surface area contributed by atoms with Gasteiger partial charge in [0.25, 0.3) is 0 Å². The Morgan fingerprint density at radius 2 is 1.33 bits per heavy atom. The molecule has 3 N–H and O–H groups in total. The van der Waals surface area contributed by atoms with Gasteiger partial charge < -0.3 is 20.4 Å². The van der Waals surface area contributed by atoms with Gasteiger partial charge in [-0.15, -0.1) is 0 Å². The van der Waals surface area contributed by atoms with Crippen molar-refractivity contribution in [2.24, 2.45) is 0 Å². The van der Waals surface area contributed by atoms with Gasteiger partial charge in [-0.1, -0.05) is 114 Å². The van der Waals surface area contributed by atoms with Gasteiger partial charge in [-0.25, -0.2) is 0 Å². The molecule has 6 heteroatoms. The number of rotatable bonds is 30. The maximum Gasteiger partial charge on any atom is 0.220 e. The summed E-state index contributed by atoms with van der Waals surface area (Å²) in [5.41, 5.74) is 3.50. The number of nitrogens with zero attached hydrogens (tertiary/aromatic N) is 1. The zero-order chi connectivity index (χ0) is 33.6. The Morgan fingerprint density at radius 3 is 1.91 bits per heavy atom. The lowest BCUT2D eigenvalue weighted by atomic mass is 10.0. The standard InChI is InChI=1S/C40H70N4OS/c1-5-7-8-9-10-11-12-13-14-15-16-17-18-19-34-44(3,4)35-21-31-42-39-27-25-38(26-28-39)24-23-37(6-2)29-32-41-30-20-22-40(45)43-33-36-46/h6,23-29,32,41-42H,5,7-22,30-31,33-36H2,1-4H3,(H-,43,45,46)/p+1/b24-23+,32-29-,37-6-. The van der Waals surface area contributed by atoms with Gasteiger partial charge in [-0.2, -0.15) is 12.6 Å². The fourth-order valence-corrected chi connectivity index (χ4v) is 5.72. The van der Waals surface area contributed by atoms with E-state index in [0.29, 0.717) is 18.7 Å². The normalized spacial score (nSPS) is 12.3. The van der Waals surface area contributed by atoms with Gasteiger partial charge in [-0.3, -0.25) is 4.79 Å². The van der Waals surface area contributed by atoms with Crippen molar-refractivity contribution < 1.29 is 9.28 Å². The number of allylic oxidation sites excluding steroid dienone is 4. The van der Waals surface area contributed by atoms with Gasteiger partial charge in [0.1, 0.15) is 0 Å². The van der Waals surface area contributed by atoms with Gasteiger partial charge in [0, 0.05) is 43.9 Å². The first kappa shape index (κ1) is 41.8. The van der Waals surface area contributed by atoms with Crippen LogP contribution in [-0.2, 0) is 4.79 Å². The van der Waals surface area contributed by atoms with E-state index >= 15 is 0 Å². The number of nitrogens with one attached hydrogen (secondary N) is 3. The van der Waals surface area contributed by atoms with E-state index < -0.39 is 0 Å². The summed E-state index contributed by atoms with van der Waals surface area (Å²) in [5, 5.41) is 9.72. The zero-order valence-corrected chi connectivity index (χ0v) is 31.2. The monoisotopic (exact) mass is 656 g/mol. The molecule has 262 valence electrons. The van der Waals surface area contributed by atoms with Gasteiger partial charge in [0.15, 0.2) is 0 Å². The first-order chi connectivity index (χ1) is 22.4. The number of quaternary nitrogens is 1. The van der Waals surface area contributed by atoms with Crippen LogP contribution in [0.4, 0.5) is 5.69 Å². The molecule has 1 rings (SSSR count). The quantitative estimate of drug-likeness (QED) is 0.0289. The number of anilines is 1. The molecule has 1 amide bonds.